The largest absolute Gasteiger partial charge is 0.348 e. The fourth-order valence-corrected chi connectivity index (χ4v) is 3.18. The third-order valence-electron chi connectivity index (χ3n) is 4.09. The number of nitrogens with one attached hydrogen (secondary N) is 1. The molecule has 104 valence electrons. The van der Waals surface area contributed by atoms with Crippen LogP contribution in [0, 0.1) is 11.8 Å². The number of carbonyl (C=O) groups excluding carboxylic acids is 1. The summed E-state index contributed by atoms with van der Waals surface area (Å²) in [7, 11) is 0. The predicted octanol–water partition coefficient (Wildman–Crippen LogP) is 3.94. The zero-order valence-corrected chi connectivity index (χ0v) is 12.6. The van der Waals surface area contributed by atoms with Gasteiger partial charge in [-0.1, -0.05) is 43.5 Å². The van der Waals surface area contributed by atoms with Crippen LogP contribution in [0.15, 0.2) is 12.1 Å². The van der Waals surface area contributed by atoms with E-state index in [1.165, 1.54) is 6.42 Å². The Morgan fingerprint density at radius 3 is 2.79 bits per heavy atom. The molecule has 0 aromatic carbocycles. The van der Waals surface area contributed by atoms with Gasteiger partial charge in [0.25, 0.3) is 5.91 Å². The first kappa shape index (κ1) is 14.6. The molecular formula is C14H18Cl2N2O. The molecule has 1 saturated carbocycles. The Labute approximate surface area is 123 Å². The minimum Gasteiger partial charge on any atom is -0.348 e. The lowest BCUT2D eigenvalue weighted by Crippen LogP contribution is -2.38. The number of rotatable bonds is 3. The first-order chi connectivity index (χ1) is 9.02. The molecule has 0 bridgehead atoms. The number of hydrogen-bond acceptors (Lipinski definition) is 2. The van der Waals surface area contributed by atoms with Crippen LogP contribution in [0.25, 0.3) is 0 Å². The van der Waals surface area contributed by atoms with E-state index in [0.717, 1.165) is 12.8 Å². The Hall–Kier alpha value is -0.800. The topological polar surface area (TPSA) is 42.0 Å². The Kier molecular flexibility index (Phi) is 4.69. The molecule has 1 fully saturated rings. The zero-order chi connectivity index (χ0) is 14.0. The second-order valence-electron chi connectivity index (χ2n) is 5.15. The molecule has 3 nitrogen and oxygen atoms in total. The number of halogens is 2. The molecule has 1 N–H and O–H groups in total. The summed E-state index contributed by atoms with van der Waals surface area (Å²) in [5.74, 6) is 0.945. The minimum absolute atomic E-state index is 0.203. The summed E-state index contributed by atoms with van der Waals surface area (Å²) < 4.78 is 0. The minimum atomic E-state index is -0.235. The van der Waals surface area contributed by atoms with E-state index in [4.69, 9.17) is 23.2 Å². The van der Waals surface area contributed by atoms with Crippen molar-refractivity contribution in [3.8, 4) is 0 Å². The highest BCUT2D eigenvalue weighted by atomic mass is 35.5. The standard InChI is InChI=1S/C14H18Cl2N2O/c1-3-9-4-6-11(8(9)2)17-14(19)13-10(15)5-7-12(16)18-13/h5,7-9,11H,3-4,6H2,1-2H3,(H,17,19). The molecular weight excluding hydrogens is 283 g/mol. The fraction of sp³-hybridized carbons (Fsp3) is 0.571. The highest BCUT2D eigenvalue weighted by Gasteiger charge is 2.33. The maximum Gasteiger partial charge on any atom is 0.271 e. The smallest absolute Gasteiger partial charge is 0.271 e. The van der Waals surface area contributed by atoms with Gasteiger partial charge in [0, 0.05) is 6.04 Å². The molecule has 2 rings (SSSR count). The average molecular weight is 301 g/mol. The van der Waals surface area contributed by atoms with Gasteiger partial charge < -0.3 is 5.32 Å². The Morgan fingerprint density at radius 2 is 2.16 bits per heavy atom. The van der Waals surface area contributed by atoms with E-state index < -0.39 is 0 Å². The van der Waals surface area contributed by atoms with Gasteiger partial charge in [0.2, 0.25) is 0 Å². The highest BCUT2D eigenvalue weighted by Crippen LogP contribution is 2.34. The van der Waals surface area contributed by atoms with E-state index in [1.54, 1.807) is 12.1 Å². The third kappa shape index (κ3) is 3.21. The number of amides is 1. The molecule has 5 heteroatoms. The zero-order valence-electron chi connectivity index (χ0n) is 11.1. The molecule has 0 spiro atoms. The van der Waals surface area contributed by atoms with Gasteiger partial charge in [-0.25, -0.2) is 4.98 Å². The van der Waals surface area contributed by atoms with Crippen LogP contribution in [-0.2, 0) is 0 Å². The second-order valence-corrected chi connectivity index (χ2v) is 5.94. The first-order valence-electron chi connectivity index (χ1n) is 6.65. The summed E-state index contributed by atoms with van der Waals surface area (Å²) in [6.45, 7) is 4.39. The van der Waals surface area contributed by atoms with Crippen molar-refractivity contribution in [2.75, 3.05) is 0 Å². The normalized spacial score (nSPS) is 26.4. The van der Waals surface area contributed by atoms with Crippen molar-refractivity contribution >= 4 is 29.1 Å². The summed E-state index contributed by atoms with van der Waals surface area (Å²) in [5, 5.41) is 3.64. The molecule has 3 atom stereocenters. The highest BCUT2D eigenvalue weighted by molar-refractivity contribution is 6.34. The summed E-state index contributed by atoms with van der Waals surface area (Å²) in [5.41, 5.74) is 0.210. The molecule has 1 heterocycles. The molecule has 1 aromatic heterocycles. The van der Waals surface area contributed by atoms with Crippen LogP contribution in [0.3, 0.4) is 0 Å². The molecule has 0 aliphatic heterocycles. The van der Waals surface area contributed by atoms with Crippen molar-refractivity contribution in [3.05, 3.63) is 28.0 Å². The lowest BCUT2D eigenvalue weighted by molar-refractivity contribution is 0.0921. The monoisotopic (exact) mass is 300 g/mol. The van der Waals surface area contributed by atoms with Gasteiger partial charge in [0.1, 0.15) is 10.8 Å². The number of carbonyl (C=O) groups is 1. The van der Waals surface area contributed by atoms with Crippen LogP contribution in [0.4, 0.5) is 0 Å². The van der Waals surface area contributed by atoms with Gasteiger partial charge in [0.05, 0.1) is 5.02 Å². The number of hydrogen-bond donors (Lipinski definition) is 1. The lowest BCUT2D eigenvalue weighted by Gasteiger charge is -2.21. The van der Waals surface area contributed by atoms with Crippen molar-refractivity contribution in [3.63, 3.8) is 0 Å². The number of pyridine rings is 1. The van der Waals surface area contributed by atoms with Crippen molar-refractivity contribution in [2.24, 2.45) is 11.8 Å². The molecule has 0 radical (unpaired) electrons. The van der Waals surface area contributed by atoms with Gasteiger partial charge in [-0.3, -0.25) is 4.79 Å². The molecule has 3 unspecified atom stereocenters. The Bertz CT molecular complexity index is 479. The molecule has 1 aromatic rings. The van der Waals surface area contributed by atoms with Gasteiger partial charge in [0.15, 0.2) is 0 Å². The molecule has 1 amide bonds. The van der Waals surface area contributed by atoms with E-state index in [-0.39, 0.29) is 22.8 Å². The van der Waals surface area contributed by atoms with Crippen LogP contribution < -0.4 is 5.32 Å². The Morgan fingerprint density at radius 1 is 1.42 bits per heavy atom. The summed E-state index contributed by atoms with van der Waals surface area (Å²) in [4.78, 5) is 16.2. The fourth-order valence-electron chi connectivity index (χ4n) is 2.84. The van der Waals surface area contributed by atoms with Crippen molar-refractivity contribution < 1.29 is 4.79 Å². The predicted molar refractivity (Wildman–Crippen MR) is 77.7 cm³/mol. The van der Waals surface area contributed by atoms with Gasteiger partial charge in [-0.2, -0.15) is 0 Å². The maximum atomic E-state index is 12.2. The van der Waals surface area contributed by atoms with E-state index in [1.807, 2.05) is 0 Å². The van der Waals surface area contributed by atoms with Crippen LogP contribution in [0.5, 0.6) is 0 Å². The van der Waals surface area contributed by atoms with Crippen molar-refractivity contribution in [2.45, 2.75) is 39.2 Å². The van der Waals surface area contributed by atoms with Gasteiger partial charge >= 0.3 is 0 Å². The summed E-state index contributed by atoms with van der Waals surface area (Å²) in [6.07, 6.45) is 3.34. The number of nitrogens with zero attached hydrogens (tertiary/aromatic N) is 1. The lowest BCUT2D eigenvalue weighted by atomic mass is 9.93. The number of aromatic nitrogens is 1. The van der Waals surface area contributed by atoms with Gasteiger partial charge in [-0.15, -0.1) is 0 Å². The molecule has 1 aliphatic carbocycles. The van der Waals surface area contributed by atoms with E-state index in [2.05, 4.69) is 24.1 Å². The van der Waals surface area contributed by atoms with E-state index in [9.17, 15) is 4.79 Å². The van der Waals surface area contributed by atoms with E-state index >= 15 is 0 Å². The maximum absolute atomic E-state index is 12.2. The van der Waals surface area contributed by atoms with Crippen LogP contribution in [-0.4, -0.2) is 16.9 Å². The molecule has 19 heavy (non-hydrogen) atoms. The van der Waals surface area contributed by atoms with E-state index in [0.29, 0.717) is 16.9 Å². The quantitative estimate of drug-likeness (QED) is 0.859. The summed E-state index contributed by atoms with van der Waals surface area (Å²) >= 11 is 11.8. The SMILES string of the molecule is CCC1CCC(NC(=O)c2nc(Cl)ccc2Cl)C1C. The van der Waals surface area contributed by atoms with Gasteiger partial charge in [-0.05, 0) is 36.8 Å². The van der Waals surface area contributed by atoms with Crippen LogP contribution in [0.2, 0.25) is 10.2 Å². The van der Waals surface area contributed by atoms with Crippen LogP contribution >= 0.6 is 23.2 Å². The third-order valence-corrected chi connectivity index (χ3v) is 4.61. The van der Waals surface area contributed by atoms with Crippen molar-refractivity contribution in [1.82, 2.24) is 10.3 Å². The second kappa shape index (κ2) is 6.10. The van der Waals surface area contributed by atoms with Crippen molar-refractivity contribution in [1.29, 1.82) is 0 Å². The first-order valence-corrected chi connectivity index (χ1v) is 7.41. The summed E-state index contributed by atoms with van der Waals surface area (Å²) in [6, 6.07) is 3.37. The molecule has 0 saturated heterocycles. The molecule has 1 aliphatic rings. The Balaban J connectivity index is 2.07. The average Bonchev–Trinajstić information content (AvgIpc) is 2.73. The van der Waals surface area contributed by atoms with Crippen LogP contribution in [0.1, 0.15) is 43.6 Å².